The van der Waals surface area contributed by atoms with E-state index >= 15 is 0 Å². The zero-order valence-corrected chi connectivity index (χ0v) is 10.3. The van der Waals surface area contributed by atoms with Gasteiger partial charge in [0.05, 0.1) is 12.4 Å². The van der Waals surface area contributed by atoms with Crippen molar-refractivity contribution in [3.8, 4) is 0 Å². The van der Waals surface area contributed by atoms with E-state index in [1.807, 2.05) is 6.92 Å². The molecule has 0 aromatic carbocycles. The van der Waals surface area contributed by atoms with Gasteiger partial charge < -0.3 is 4.74 Å². The van der Waals surface area contributed by atoms with Crippen LogP contribution < -0.4 is 0 Å². The number of hydrogen-bond donors (Lipinski definition) is 0. The number of ether oxygens (including phenoxy) is 1. The highest BCUT2D eigenvalue weighted by molar-refractivity contribution is 6.33. The third-order valence-electron chi connectivity index (χ3n) is 2.85. The summed E-state index contributed by atoms with van der Waals surface area (Å²) in [5.74, 6) is -0.337. The molecule has 0 saturated heterocycles. The van der Waals surface area contributed by atoms with Gasteiger partial charge >= 0.3 is 0 Å². The van der Waals surface area contributed by atoms with Crippen LogP contribution in [0.1, 0.15) is 19.6 Å². The van der Waals surface area contributed by atoms with Gasteiger partial charge in [0.25, 0.3) is 0 Å². The van der Waals surface area contributed by atoms with Crippen LogP contribution in [0.25, 0.3) is 11.2 Å². The van der Waals surface area contributed by atoms with Crippen molar-refractivity contribution >= 4 is 22.8 Å². The molecule has 3 rings (SSSR count). The molecule has 18 heavy (non-hydrogen) atoms. The summed E-state index contributed by atoms with van der Waals surface area (Å²) in [4.78, 5) is 12.0. The predicted octanol–water partition coefficient (Wildman–Crippen LogP) is 2.64. The highest BCUT2D eigenvalue weighted by atomic mass is 35.5. The minimum absolute atomic E-state index is 0.218. The molecule has 1 aliphatic rings. The molecule has 2 atom stereocenters. The molecule has 3 heterocycles. The number of imidazole rings is 1. The first-order valence-electron chi connectivity index (χ1n) is 5.56. The van der Waals surface area contributed by atoms with Crippen molar-refractivity contribution in [1.29, 1.82) is 0 Å². The van der Waals surface area contributed by atoms with E-state index in [0.717, 1.165) is 0 Å². The smallest absolute Gasteiger partial charge is 0.189 e. The summed E-state index contributed by atoms with van der Waals surface area (Å²) in [5.41, 5.74) is 0.899. The summed E-state index contributed by atoms with van der Waals surface area (Å²) in [6, 6.07) is 0. The molecule has 1 aliphatic heterocycles. The van der Waals surface area contributed by atoms with Crippen LogP contribution in [-0.4, -0.2) is 25.6 Å². The average molecular weight is 269 g/mol. The lowest BCUT2D eigenvalue weighted by Gasteiger charge is -2.14. The van der Waals surface area contributed by atoms with E-state index in [1.165, 1.54) is 23.3 Å². The fraction of sp³-hybridized carbons (Fsp3) is 0.364. The molecule has 0 N–H and O–H groups in total. The van der Waals surface area contributed by atoms with Crippen molar-refractivity contribution in [1.82, 2.24) is 19.5 Å². The Morgan fingerprint density at radius 2 is 2.28 bits per heavy atom. The summed E-state index contributed by atoms with van der Waals surface area (Å²) in [5, 5.41) is 0.244. The Morgan fingerprint density at radius 3 is 3.00 bits per heavy atom. The maximum atomic E-state index is 13.8. The number of aromatic nitrogens is 4. The number of hydrogen-bond acceptors (Lipinski definition) is 4. The van der Waals surface area contributed by atoms with Crippen molar-refractivity contribution in [2.45, 2.75) is 25.7 Å². The third-order valence-corrected chi connectivity index (χ3v) is 3.13. The normalized spacial score (nSPS) is 23.6. The van der Waals surface area contributed by atoms with E-state index in [9.17, 15) is 4.39 Å². The zero-order chi connectivity index (χ0) is 12.7. The summed E-state index contributed by atoms with van der Waals surface area (Å²) in [6.45, 7) is 1.93. The van der Waals surface area contributed by atoms with Gasteiger partial charge in [-0.25, -0.2) is 19.3 Å². The zero-order valence-electron chi connectivity index (χ0n) is 9.55. The van der Waals surface area contributed by atoms with Crippen molar-refractivity contribution < 1.29 is 9.13 Å². The van der Waals surface area contributed by atoms with Crippen LogP contribution in [0.15, 0.2) is 24.6 Å². The monoisotopic (exact) mass is 268 g/mol. The molecule has 0 unspecified atom stereocenters. The van der Waals surface area contributed by atoms with Crippen LogP contribution in [0.2, 0.25) is 5.15 Å². The standard InChI is InChI=1S/C11H10ClFN4O/c1-2-6-3-7(13)11(18-6)17-5-16-8-9(12)14-4-15-10(8)17/h3-6,11H,2H2,1H3/t6-,11+/m0/s1. The van der Waals surface area contributed by atoms with E-state index in [2.05, 4.69) is 15.0 Å². The largest absolute Gasteiger partial charge is 0.344 e. The lowest BCUT2D eigenvalue weighted by atomic mass is 10.3. The highest BCUT2D eigenvalue weighted by Crippen LogP contribution is 2.33. The van der Waals surface area contributed by atoms with Crippen molar-refractivity contribution in [3.05, 3.63) is 29.7 Å². The quantitative estimate of drug-likeness (QED) is 0.786. The first-order chi connectivity index (χ1) is 8.70. The van der Waals surface area contributed by atoms with Crippen LogP contribution in [0.4, 0.5) is 4.39 Å². The van der Waals surface area contributed by atoms with E-state index in [-0.39, 0.29) is 17.1 Å². The minimum Gasteiger partial charge on any atom is -0.344 e. The molecule has 0 aliphatic carbocycles. The van der Waals surface area contributed by atoms with Crippen molar-refractivity contribution in [2.24, 2.45) is 0 Å². The first-order valence-corrected chi connectivity index (χ1v) is 5.94. The SMILES string of the molecule is CC[C@H]1C=C(F)[C@H](n2cnc3c(Cl)ncnc32)O1. The topological polar surface area (TPSA) is 52.8 Å². The molecule has 0 saturated carbocycles. The Morgan fingerprint density at radius 1 is 1.44 bits per heavy atom. The molecule has 0 fully saturated rings. The summed E-state index contributed by atoms with van der Waals surface area (Å²) >= 11 is 5.89. The molecule has 94 valence electrons. The van der Waals surface area contributed by atoms with Gasteiger partial charge in [0.1, 0.15) is 17.7 Å². The van der Waals surface area contributed by atoms with Gasteiger partial charge in [0.15, 0.2) is 17.0 Å². The number of halogens is 2. The van der Waals surface area contributed by atoms with Crippen molar-refractivity contribution in [2.75, 3.05) is 0 Å². The third kappa shape index (κ3) is 1.69. The first kappa shape index (κ1) is 11.6. The Balaban J connectivity index is 2.06. The second-order valence-electron chi connectivity index (χ2n) is 3.98. The van der Waals surface area contributed by atoms with Gasteiger partial charge in [0.2, 0.25) is 0 Å². The second kappa shape index (κ2) is 4.29. The molecule has 7 heteroatoms. The minimum atomic E-state index is -0.814. The van der Waals surface area contributed by atoms with Gasteiger partial charge in [-0.2, -0.15) is 0 Å². The van der Waals surface area contributed by atoms with Crippen LogP contribution in [0.3, 0.4) is 0 Å². The number of nitrogens with zero attached hydrogens (tertiary/aromatic N) is 4. The molecular weight excluding hydrogens is 259 g/mol. The van der Waals surface area contributed by atoms with E-state index in [0.29, 0.717) is 17.6 Å². The highest BCUT2D eigenvalue weighted by Gasteiger charge is 2.29. The van der Waals surface area contributed by atoms with Gasteiger partial charge in [0, 0.05) is 0 Å². The molecule has 0 radical (unpaired) electrons. The lowest BCUT2D eigenvalue weighted by Crippen LogP contribution is -2.12. The molecule has 5 nitrogen and oxygen atoms in total. The predicted molar refractivity (Wildman–Crippen MR) is 63.7 cm³/mol. The summed E-state index contributed by atoms with van der Waals surface area (Å²) in [6.07, 6.45) is 3.93. The second-order valence-corrected chi connectivity index (χ2v) is 4.33. The lowest BCUT2D eigenvalue weighted by molar-refractivity contribution is 0.00484. The molecule has 0 spiro atoms. The number of fused-ring (bicyclic) bond motifs is 1. The fourth-order valence-corrected chi connectivity index (χ4v) is 2.11. The Kier molecular flexibility index (Phi) is 2.76. The maximum absolute atomic E-state index is 13.8. The van der Waals surface area contributed by atoms with E-state index in [4.69, 9.17) is 16.3 Å². The van der Waals surface area contributed by atoms with Crippen LogP contribution >= 0.6 is 11.6 Å². The van der Waals surface area contributed by atoms with Gasteiger partial charge in [-0.3, -0.25) is 4.57 Å². The van der Waals surface area contributed by atoms with Crippen molar-refractivity contribution in [3.63, 3.8) is 0 Å². The Bertz CT molecular complexity index is 627. The summed E-state index contributed by atoms with van der Waals surface area (Å²) < 4.78 is 20.9. The van der Waals surface area contributed by atoms with Gasteiger partial charge in [-0.1, -0.05) is 18.5 Å². The van der Waals surface area contributed by atoms with Crippen LogP contribution in [0.5, 0.6) is 0 Å². The van der Waals surface area contributed by atoms with Gasteiger partial charge in [-0.15, -0.1) is 0 Å². The fourth-order valence-electron chi connectivity index (χ4n) is 1.94. The Hall–Kier alpha value is -1.53. The average Bonchev–Trinajstić information content (AvgIpc) is 2.93. The van der Waals surface area contributed by atoms with Crippen LogP contribution in [0, 0.1) is 0 Å². The molecule has 2 aromatic rings. The molecule has 2 aromatic heterocycles. The number of rotatable bonds is 2. The molecule has 0 bridgehead atoms. The molecule has 0 amide bonds. The van der Waals surface area contributed by atoms with E-state index < -0.39 is 6.23 Å². The van der Waals surface area contributed by atoms with E-state index in [1.54, 1.807) is 0 Å². The Labute approximate surface area is 107 Å². The maximum Gasteiger partial charge on any atom is 0.189 e. The van der Waals surface area contributed by atoms with Gasteiger partial charge in [-0.05, 0) is 12.5 Å². The van der Waals surface area contributed by atoms with Crippen LogP contribution in [-0.2, 0) is 4.74 Å². The molecular formula is C11H10ClFN4O. The summed E-state index contributed by atoms with van der Waals surface area (Å²) in [7, 11) is 0.